The number of nitrogens with two attached hydrogens (primary N) is 1. The summed E-state index contributed by atoms with van der Waals surface area (Å²) in [7, 11) is 4.00. The van der Waals surface area contributed by atoms with Crippen LogP contribution in [0.2, 0.25) is 0 Å². The van der Waals surface area contributed by atoms with Crippen molar-refractivity contribution in [3.63, 3.8) is 0 Å². The Morgan fingerprint density at radius 1 is 1.04 bits per heavy atom. The number of primary amides is 1. The summed E-state index contributed by atoms with van der Waals surface area (Å²) >= 11 is 0. The summed E-state index contributed by atoms with van der Waals surface area (Å²) in [6, 6.07) is 14.7. The first-order chi connectivity index (χ1) is 13.4. The number of anilines is 1. The Morgan fingerprint density at radius 3 is 2.21 bits per heavy atom. The fourth-order valence-electron chi connectivity index (χ4n) is 3.33. The summed E-state index contributed by atoms with van der Waals surface area (Å²) in [4.78, 5) is 28.3. The van der Waals surface area contributed by atoms with E-state index in [4.69, 9.17) is 10.5 Å². The maximum atomic E-state index is 13.1. The van der Waals surface area contributed by atoms with Gasteiger partial charge in [-0.25, -0.2) is 0 Å². The fraction of sp³-hybridized carbons (Fsp3) is 0.364. The van der Waals surface area contributed by atoms with E-state index in [1.807, 2.05) is 48.2 Å². The lowest BCUT2D eigenvalue weighted by Crippen LogP contribution is -2.37. The molecule has 28 heavy (non-hydrogen) atoms. The Balaban J connectivity index is 1.78. The molecule has 0 radical (unpaired) electrons. The molecule has 2 amide bonds. The summed E-state index contributed by atoms with van der Waals surface area (Å²) in [6.07, 6.45) is 2.05. The number of ether oxygens (including phenoxy) is 1. The SMILES string of the molecule is CN(C)c1ccc(CN(CC2CCCO2)C(=O)c2ccc(C(N)=O)cc2)cc1. The van der Waals surface area contributed by atoms with E-state index in [1.165, 1.54) is 0 Å². The predicted octanol–water partition coefficient (Wildman–Crippen LogP) is 2.67. The van der Waals surface area contributed by atoms with Crippen molar-refractivity contribution < 1.29 is 14.3 Å². The zero-order valence-corrected chi connectivity index (χ0v) is 16.4. The third-order valence-electron chi connectivity index (χ3n) is 4.98. The zero-order chi connectivity index (χ0) is 20.1. The van der Waals surface area contributed by atoms with Gasteiger partial charge in [0.2, 0.25) is 5.91 Å². The molecule has 0 aliphatic carbocycles. The van der Waals surface area contributed by atoms with Gasteiger partial charge in [-0.2, -0.15) is 0 Å². The van der Waals surface area contributed by atoms with Gasteiger partial charge in [0.25, 0.3) is 5.91 Å². The second kappa shape index (κ2) is 8.89. The van der Waals surface area contributed by atoms with Crippen molar-refractivity contribution in [1.29, 1.82) is 0 Å². The number of carbonyl (C=O) groups is 2. The van der Waals surface area contributed by atoms with Gasteiger partial charge in [0.1, 0.15) is 0 Å². The normalized spacial score (nSPS) is 16.0. The van der Waals surface area contributed by atoms with Crippen LogP contribution in [0.5, 0.6) is 0 Å². The highest BCUT2D eigenvalue weighted by molar-refractivity contribution is 5.97. The molecular formula is C22H27N3O3. The van der Waals surface area contributed by atoms with Crippen LogP contribution >= 0.6 is 0 Å². The first-order valence-corrected chi connectivity index (χ1v) is 9.51. The molecule has 1 unspecified atom stereocenters. The standard InChI is InChI=1S/C22H27N3O3/c1-24(2)19-11-5-16(6-12-19)14-25(15-20-4-3-13-28-20)22(27)18-9-7-17(8-10-18)21(23)26/h5-12,20H,3-4,13-15H2,1-2H3,(H2,23,26). The maximum Gasteiger partial charge on any atom is 0.254 e. The van der Waals surface area contributed by atoms with Gasteiger partial charge in [-0.1, -0.05) is 12.1 Å². The molecular weight excluding hydrogens is 354 g/mol. The van der Waals surface area contributed by atoms with Gasteiger partial charge in [-0.3, -0.25) is 9.59 Å². The first kappa shape index (κ1) is 19.9. The van der Waals surface area contributed by atoms with Crippen LogP contribution in [-0.2, 0) is 11.3 Å². The number of rotatable bonds is 7. The second-order valence-electron chi connectivity index (χ2n) is 7.32. The molecule has 148 valence electrons. The molecule has 0 bridgehead atoms. The van der Waals surface area contributed by atoms with Gasteiger partial charge < -0.3 is 20.3 Å². The molecule has 2 aromatic rings. The first-order valence-electron chi connectivity index (χ1n) is 9.51. The molecule has 6 nitrogen and oxygen atoms in total. The molecule has 6 heteroatoms. The molecule has 0 spiro atoms. The molecule has 3 rings (SSSR count). The molecule has 2 N–H and O–H groups in total. The van der Waals surface area contributed by atoms with Crippen LogP contribution in [0.1, 0.15) is 39.1 Å². The number of benzene rings is 2. The van der Waals surface area contributed by atoms with E-state index in [0.717, 1.165) is 30.7 Å². The van der Waals surface area contributed by atoms with Crippen molar-refractivity contribution in [2.75, 3.05) is 32.1 Å². The van der Waals surface area contributed by atoms with E-state index in [2.05, 4.69) is 0 Å². The van der Waals surface area contributed by atoms with Gasteiger partial charge in [-0.05, 0) is 54.8 Å². The molecule has 1 atom stereocenters. The van der Waals surface area contributed by atoms with Gasteiger partial charge in [0.05, 0.1) is 6.10 Å². The van der Waals surface area contributed by atoms with E-state index < -0.39 is 5.91 Å². The van der Waals surface area contributed by atoms with Crippen LogP contribution in [0.25, 0.3) is 0 Å². The van der Waals surface area contributed by atoms with Crippen molar-refractivity contribution in [3.8, 4) is 0 Å². The van der Waals surface area contributed by atoms with Gasteiger partial charge in [0, 0.05) is 50.6 Å². The van der Waals surface area contributed by atoms with Crippen molar-refractivity contribution in [1.82, 2.24) is 4.90 Å². The lowest BCUT2D eigenvalue weighted by atomic mass is 10.1. The summed E-state index contributed by atoms with van der Waals surface area (Å²) in [5.74, 6) is -0.584. The van der Waals surface area contributed by atoms with Crippen LogP contribution in [0.4, 0.5) is 5.69 Å². The quantitative estimate of drug-likeness (QED) is 0.800. The summed E-state index contributed by atoms with van der Waals surface area (Å²) in [5.41, 5.74) is 8.39. The Hall–Kier alpha value is -2.86. The fourth-order valence-corrected chi connectivity index (χ4v) is 3.33. The number of amides is 2. The smallest absolute Gasteiger partial charge is 0.254 e. The highest BCUT2D eigenvalue weighted by atomic mass is 16.5. The molecule has 1 aliphatic heterocycles. The number of carbonyl (C=O) groups excluding carboxylic acids is 2. The third kappa shape index (κ3) is 4.89. The summed E-state index contributed by atoms with van der Waals surface area (Å²) in [6.45, 7) is 1.80. The van der Waals surface area contributed by atoms with Crippen molar-refractivity contribution in [3.05, 3.63) is 65.2 Å². The molecule has 1 saturated heterocycles. The Bertz CT molecular complexity index is 810. The van der Waals surface area contributed by atoms with Gasteiger partial charge in [0.15, 0.2) is 0 Å². The predicted molar refractivity (Wildman–Crippen MR) is 109 cm³/mol. The van der Waals surface area contributed by atoms with Crippen LogP contribution in [0.3, 0.4) is 0 Å². The molecule has 0 aromatic heterocycles. The molecule has 1 fully saturated rings. The third-order valence-corrected chi connectivity index (χ3v) is 4.98. The minimum absolute atomic E-state index is 0.0647. The average molecular weight is 381 g/mol. The minimum atomic E-state index is -0.504. The van der Waals surface area contributed by atoms with Gasteiger partial charge >= 0.3 is 0 Å². The molecule has 1 heterocycles. The number of nitrogens with zero attached hydrogens (tertiary/aromatic N) is 2. The van der Waals surface area contributed by atoms with Crippen LogP contribution in [-0.4, -0.2) is 50.1 Å². The number of hydrogen-bond donors (Lipinski definition) is 1. The second-order valence-corrected chi connectivity index (χ2v) is 7.32. The van der Waals surface area contributed by atoms with E-state index in [-0.39, 0.29) is 12.0 Å². The van der Waals surface area contributed by atoms with E-state index in [0.29, 0.717) is 24.2 Å². The van der Waals surface area contributed by atoms with Crippen LogP contribution < -0.4 is 10.6 Å². The molecule has 1 aliphatic rings. The van der Waals surface area contributed by atoms with Crippen molar-refractivity contribution >= 4 is 17.5 Å². The van der Waals surface area contributed by atoms with E-state index in [1.54, 1.807) is 24.3 Å². The minimum Gasteiger partial charge on any atom is -0.378 e. The summed E-state index contributed by atoms with van der Waals surface area (Å²) in [5, 5.41) is 0. The molecule has 2 aromatic carbocycles. The Morgan fingerprint density at radius 2 is 1.68 bits per heavy atom. The zero-order valence-electron chi connectivity index (χ0n) is 16.4. The van der Waals surface area contributed by atoms with Crippen molar-refractivity contribution in [2.45, 2.75) is 25.5 Å². The molecule has 0 saturated carbocycles. The van der Waals surface area contributed by atoms with Crippen molar-refractivity contribution in [2.24, 2.45) is 5.73 Å². The van der Waals surface area contributed by atoms with Gasteiger partial charge in [-0.15, -0.1) is 0 Å². The monoisotopic (exact) mass is 381 g/mol. The lowest BCUT2D eigenvalue weighted by molar-refractivity contribution is 0.0507. The van der Waals surface area contributed by atoms with E-state index in [9.17, 15) is 9.59 Å². The number of hydrogen-bond acceptors (Lipinski definition) is 4. The highest BCUT2D eigenvalue weighted by Gasteiger charge is 2.24. The van der Waals surface area contributed by atoms with E-state index >= 15 is 0 Å². The van der Waals surface area contributed by atoms with Crippen LogP contribution in [0.15, 0.2) is 48.5 Å². The van der Waals surface area contributed by atoms with Crippen LogP contribution in [0, 0.1) is 0 Å². The Kier molecular flexibility index (Phi) is 6.31. The summed E-state index contributed by atoms with van der Waals surface area (Å²) < 4.78 is 5.75. The Labute approximate surface area is 165 Å². The highest BCUT2D eigenvalue weighted by Crippen LogP contribution is 2.19. The average Bonchev–Trinajstić information content (AvgIpc) is 3.20. The maximum absolute atomic E-state index is 13.1. The lowest BCUT2D eigenvalue weighted by Gasteiger charge is -2.26. The topological polar surface area (TPSA) is 75.9 Å². The largest absolute Gasteiger partial charge is 0.378 e.